The van der Waals surface area contributed by atoms with Crippen molar-refractivity contribution >= 4 is 22.7 Å². The average molecular weight is 314 g/mol. The van der Waals surface area contributed by atoms with Crippen molar-refractivity contribution in [3.63, 3.8) is 0 Å². The lowest BCUT2D eigenvalue weighted by Gasteiger charge is -2.13. The van der Waals surface area contributed by atoms with E-state index in [4.69, 9.17) is 13.9 Å². The van der Waals surface area contributed by atoms with Crippen molar-refractivity contribution in [1.29, 1.82) is 0 Å². The Labute approximate surface area is 130 Å². The standard InChI is InChI=1S/C16H14N2O5/c1-21-11-7-4-8-12(22-2)13(11)15(19)17-9-5-3-6-10-14(9)23-16(20)18-10/h3-8H,1-2H3,(H,17,19)(H,18,20). The fraction of sp³-hybridized carbons (Fsp3) is 0.125. The lowest BCUT2D eigenvalue weighted by atomic mass is 10.1. The van der Waals surface area contributed by atoms with Gasteiger partial charge in [0, 0.05) is 0 Å². The number of hydrogen-bond acceptors (Lipinski definition) is 5. The van der Waals surface area contributed by atoms with Crippen molar-refractivity contribution in [3.8, 4) is 11.5 Å². The first-order chi connectivity index (χ1) is 11.1. The maximum Gasteiger partial charge on any atom is 0.417 e. The molecule has 0 aliphatic heterocycles. The van der Waals surface area contributed by atoms with Crippen LogP contribution in [0.25, 0.3) is 11.1 Å². The van der Waals surface area contributed by atoms with Crippen LogP contribution in [-0.4, -0.2) is 25.1 Å². The number of ether oxygens (including phenoxy) is 2. The van der Waals surface area contributed by atoms with Crippen molar-refractivity contribution in [1.82, 2.24) is 4.98 Å². The summed E-state index contributed by atoms with van der Waals surface area (Å²) in [5.74, 6) is -0.263. The second kappa shape index (κ2) is 5.88. The zero-order valence-corrected chi connectivity index (χ0v) is 12.5. The molecule has 0 saturated heterocycles. The van der Waals surface area contributed by atoms with Gasteiger partial charge in [-0.2, -0.15) is 0 Å². The number of aromatic amines is 1. The molecule has 118 valence electrons. The number of para-hydroxylation sites is 1. The number of H-pyrrole nitrogens is 1. The number of aromatic nitrogens is 1. The van der Waals surface area contributed by atoms with Gasteiger partial charge in [0.05, 0.1) is 25.4 Å². The SMILES string of the molecule is COc1cccc(OC)c1C(=O)Nc1cccc2[nH]c(=O)oc12. The number of amides is 1. The molecule has 2 N–H and O–H groups in total. The molecule has 0 radical (unpaired) electrons. The van der Waals surface area contributed by atoms with E-state index in [1.165, 1.54) is 14.2 Å². The van der Waals surface area contributed by atoms with Gasteiger partial charge in [0.1, 0.15) is 17.1 Å². The smallest absolute Gasteiger partial charge is 0.417 e. The second-order valence-corrected chi connectivity index (χ2v) is 4.69. The monoisotopic (exact) mass is 314 g/mol. The van der Waals surface area contributed by atoms with Gasteiger partial charge in [-0.3, -0.25) is 9.78 Å². The number of methoxy groups -OCH3 is 2. The van der Waals surface area contributed by atoms with E-state index < -0.39 is 11.7 Å². The van der Waals surface area contributed by atoms with Crippen molar-refractivity contribution in [3.05, 3.63) is 52.5 Å². The van der Waals surface area contributed by atoms with E-state index in [0.29, 0.717) is 22.7 Å². The first-order valence-electron chi connectivity index (χ1n) is 6.78. The first-order valence-corrected chi connectivity index (χ1v) is 6.78. The Morgan fingerprint density at radius 1 is 1.09 bits per heavy atom. The van der Waals surface area contributed by atoms with E-state index in [2.05, 4.69) is 10.3 Å². The Bertz CT molecular complexity index is 903. The number of carbonyl (C=O) groups excluding carboxylic acids is 1. The van der Waals surface area contributed by atoms with Crippen LogP contribution in [0, 0.1) is 0 Å². The van der Waals surface area contributed by atoms with Crippen LogP contribution in [0.1, 0.15) is 10.4 Å². The molecule has 23 heavy (non-hydrogen) atoms. The normalized spacial score (nSPS) is 10.5. The van der Waals surface area contributed by atoms with E-state index >= 15 is 0 Å². The largest absolute Gasteiger partial charge is 0.496 e. The number of fused-ring (bicyclic) bond motifs is 1. The van der Waals surface area contributed by atoms with Gasteiger partial charge < -0.3 is 19.2 Å². The molecule has 1 amide bonds. The highest BCUT2D eigenvalue weighted by Crippen LogP contribution is 2.30. The molecule has 2 aromatic carbocycles. The van der Waals surface area contributed by atoms with Gasteiger partial charge in [-0.1, -0.05) is 12.1 Å². The molecule has 3 aromatic rings. The molecule has 0 fully saturated rings. The zero-order valence-electron chi connectivity index (χ0n) is 12.5. The number of rotatable bonds is 4. The number of nitrogens with one attached hydrogen (secondary N) is 2. The van der Waals surface area contributed by atoms with Crippen molar-refractivity contribution < 1.29 is 18.7 Å². The molecular weight excluding hydrogens is 300 g/mol. The first kappa shape index (κ1) is 14.7. The van der Waals surface area contributed by atoms with Crippen molar-refractivity contribution in [2.75, 3.05) is 19.5 Å². The van der Waals surface area contributed by atoms with Crippen LogP contribution in [0.5, 0.6) is 11.5 Å². The third-order valence-corrected chi connectivity index (χ3v) is 3.35. The molecule has 1 aromatic heterocycles. The topological polar surface area (TPSA) is 93.6 Å². The van der Waals surface area contributed by atoms with Crippen LogP contribution in [-0.2, 0) is 0 Å². The second-order valence-electron chi connectivity index (χ2n) is 4.69. The fourth-order valence-electron chi connectivity index (χ4n) is 2.33. The minimum absolute atomic E-state index is 0.257. The van der Waals surface area contributed by atoms with Crippen molar-refractivity contribution in [2.24, 2.45) is 0 Å². The summed E-state index contributed by atoms with van der Waals surface area (Å²) in [6.07, 6.45) is 0. The van der Waals surface area contributed by atoms with E-state index in [1.54, 1.807) is 36.4 Å². The summed E-state index contributed by atoms with van der Waals surface area (Å²) < 4.78 is 15.5. The molecule has 0 atom stereocenters. The van der Waals surface area contributed by atoms with Crippen LogP contribution >= 0.6 is 0 Å². The summed E-state index contributed by atoms with van der Waals surface area (Å²) in [6.45, 7) is 0. The molecule has 3 rings (SSSR count). The van der Waals surface area contributed by atoms with Crippen LogP contribution < -0.4 is 20.5 Å². The van der Waals surface area contributed by atoms with E-state index in [0.717, 1.165) is 0 Å². The Kier molecular flexibility index (Phi) is 3.76. The minimum atomic E-state index is -0.587. The molecule has 0 aliphatic rings. The maximum atomic E-state index is 12.6. The zero-order chi connectivity index (χ0) is 16.4. The summed E-state index contributed by atoms with van der Waals surface area (Å²) in [4.78, 5) is 26.5. The van der Waals surface area contributed by atoms with E-state index in [9.17, 15) is 9.59 Å². The summed E-state index contributed by atoms with van der Waals surface area (Å²) >= 11 is 0. The number of oxazole rings is 1. The van der Waals surface area contributed by atoms with Crippen LogP contribution in [0.4, 0.5) is 5.69 Å². The average Bonchev–Trinajstić information content (AvgIpc) is 2.95. The van der Waals surface area contributed by atoms with Crippen LogP contribution in [0.2, 0.25) is 0 Å². The van der Waals surface area contributed by atoms with Gasteiger partial charge in [0.15, 0.2) is 5.58 Å². The molecule has 0 aliphatic carbocycles. The number of benzene rings is 2. The van der Waals surface area contributed by atoms with Gasteiger partial charge in [-0.15, -0.1) is 0 Å². The molecule has 0 saturated carbocycles. The van der Waals surface area contributed by atoms with Crippen LogP contribution in [0.3, 0.4) is 0 Å². The molecule has 0 bridgehead atoms. The Balaban J connectivity index is 2.03. The molecule has 1 heterocycles. The minimum Gasteiger partial charge on any atom is -0.496 e. The summed E-state index contributed by atoms with van der Waals surface area (Å²) in [7, 11) is 2.94. The van der Waals surface area contributed by atoms with Gasteiger partial charge in [0.2, 0.25) is 0 Å². The van der Waals surface area contributed by atoms with Gasteiger partial charge in [0.25, 0.3) is 5.91 Å². The van der Waals surface area contributed by atoms with Crippen LogP contribution in [0.15, 0.2) is 45.6 Å². The quantitative estimate of drug-likeness (QED) is 0.771. The maximum absolute atomic E-state index is 12.6. The lowest BCUT2D eigenvalue weighted by Crippen LogP contribution is -2.14. The summed E-state index contributed by atoms with van der Waals surface area (Å²) in [5.41, 5.74) is 1.41. The van der Waals surface area contributed by atoms with Gasteiger partial charge in [-0.05, 0) is 24.3 Å². The Morgan fingerprint density at radius 3 is 2.39 bits per heavy atom. The predicted molar refractivity (Wildman–Crippen MR) is 84.3 cm³/mol. The molecule has 0 unspecified atom stereocenters. The highest BCUT2D eigenvalue weighted by atomic mass is 16.5. The molecule has 7 heteroatoms. The fourth-order valence-corrected chi connectivity index (χ4v) is 2.33. The number of hydrogen-bond donors (Lipinski definition) is 2. The third-order valence-electron chi connectivity index (χ3n) is 3.35. The summed E-state index contributed by atoms with van der Waals surface area (Å²) in [6, 6.07) is 10.1. The highest BCUT2D eigenvalue weighted by Gasteiger charge is 2.19. The number of anilines is 1. The number of carbonyl (C=O) groups is 1. The van der Waals surface area contributed by atoms with Gasteiger partial charge >= 0.3 is 5.76 Å². The van der Waals surface area contributed by atoms with Gasteiger partial charge in [-0.25, -0.2) is 4.79 Å². The summed E-state index contributed by atoms with van der Waals surface area (Å²) in [5, 5.41) is 2.71. The Morgan fingerprint density at radius 2 is 1.74 bits per heavy atom. The predicted octanol–water partition coefficient (Wildman–Crippen LogP) is 2.39. The van der Waals surface area contributed by atoms with E-state index in [-0.39, 0.29) is 11.1 Å². The highest BCUT2D eigenvalue weighted by molar-refractivity contribution is 6.10. The molecule has 0 spiro atoms. The molecule has 7 nitrogen and oxygen atoms in total. The molecular formula is C16H14N2O5. The Hall–Kier alpha value is -3.22. The third kappa shape index (κ3) is 2.64. The van der Waals surface area contributed by atoms with E-state index in [1.807, 2.05) is 0 Å². The van der Waals surface area contributed by atoms with Crippen molar-refractivity contribution in [2.45, 2.75) is 0 Å². The lowest BCUT2D eigenvalue weighted by molar-refractivity contribution is 0.102.